The van der Waals surface area contributed by atoms with Crippen LogP contribution in [0, 0.1) is 5.92 Å². The summed E-state index contributed by atoms with van der Waals surface area (Å²) in [5.74, 6) is 0.469. The standard InChI is InChI=1S/C16H24N2O/c1-12(13-7-5-6-8-13)18-16(19)15(11-17)14-9-3-2-4-10-14/h2-4,9-10,12-13,15H,5-8,11,17H2,1H3,(H,18,19)/t12-,15?/m0/s1. The Bertz CT molecular complexity index is 398. The Hall–Kier alpha value is -1.35. The Morgan fingerprint density at radius 3 is 2.53 bits per heavy atom. The highest BCUT2D eigenvalue weighted by Gasteiger charge is 2.26. The van der Waals surface area contributed by atoms with Crippen LogP contribution >= 0.6 is 0 Å². The largest absolute Gasteiger partial charge is 0.353 e. The van der Waals surface area contributed by atoms with Crippen molar-refractivity contribution < 1.29 is 4.79 Å². The summed E-state index contributed by atoms with van der Waals surface area (Å²) in [6.45, 7) is 2.47. The van der Waals surface area contributed by atoms with Crippen molar-refractivity contribution in [2.75, 3.05) is 6.54 Å². The van der Waals surface area contributed by atoms with Crippen molar-refractivity contribution in [1.29, 1.82) is 0 Å². The minimum atomic E-state index is -0.231. The molecular weight excluding hydrogens is 236 g/mol. The van der Waals surface area contributed by atoms with Crippen LogP contribution in [0.3, 0.4) is 0 Å². The molecular formula is C16H24N2O. The lowest BCUT2D eigenvalue weighted by Crippen LogP contribution is -2.41. The number of amides is 1. The van der Waals surface area contributed by atoms with Gasteiger partial charge in [-0.05, 0) is 31.2 Å². The van der Waals surface area contributed by atoms with Crippen molar-refractivity contribution >= 4 is 5.91 Å². The summed E-state index contributed by atoms with van der Waals surface area (Å²) in [7, 11) is 0. The first-order chi connectivity index (χ1) is 9.22. The number of nitrogens with one attached hydrogen (secondary N) is 1. The number of nitrogens with two attached hydrogens (primary N) is 1. The first-order valence-corrected chi connectivity index (χ1v) is 7.27. The molecule has 0 heterocycles. The first kappa shape index (κ1) is 14.1. The van der Waals surface area contributed by atoms with E-state index in [0.717, 1.165) is 5.56 Å². The molecule has 2 atom stereocenters. The third kappa shape index (κ3) is 3.57. The summed E-state index contributed by atoms with van der Waals surface area (Å²) in [6.07, 6.45) is 5.06. The summed E-state index contributed by atoms with van der Waals surface area (Å²) >= 11 is 0. The summed E-state index contributed by atoms with van der Waals surface area (Å²) in [4.78, 5) is 12.4. The van der Waals surface area contributed by atoms with E-state index >= 15 is 0 Å². The van der Waals surface area contributed by atoms with Gasteiger partial charge in [0.15, 0.2) is 0 Å². The lowest BCUT2D eigenvalue weighted by Gasteiger charge is -2.23. The maximum absolute atomic E-state index is 12.4. The fourth-order valence-electron chi connectivity index (χ4n) is 2.98. The van der Waals surface area contributed by atoms with Crippen molar-refractivity contribution in [1.82, 2.24) is 5.32 Å². The molecule has 0 bridgehead atoms. The van der Waals surface area contributed by atoms with Gasteiger partial charge in [0.25, 0.3) is 0 Å². The molecule has 3 N–H and O–H groups in total. The van der Waals surface area contributed by atoms with Gasteiger partial charge < -0.3 is 11.1 Å². The number of carbonyl (C=O) groups excluding carboxylic acids is 1. The van der Waals surface area contributed by atoms with Gasteiger partial charge in [0.2, 0.25) is 5.91 Å². The second kappa shape index (κ2) is 6.71. The Morgan fingerprint density at radius 2 is 1.95 bits per heavy atom. The minimum Gasteiger partial charge on any atom is -0.353 e. The van der Waals surface area contributed by atoms with E-state index < -0.39 is 0 Å². The van der Waals surface area contributed by atoms with Crippen LogP contribution in [-0.2, 0) is 4.79 Å². The fraction of sp³-hybridized carbons (Fsp3) is 0.562. The number of hydrogen-bond acceptors (Lipinski definition) is 2. The smallest absolute Gasteiger partial charge is 0.229 e. The Balaban J connectivity index is 1.97. The van der Waals surface area contributed by atoms with E-state index in [9.17, 15) is 4.79 Å². The zero-order chi connectivity index (χ0) is 13.7. The van der Waals surface area contributed by atoms with Gasteiger partial charge in [0, 0.05) is 12.6 Å². The minimum absolute atomic E-state index is 0.0631. The molecule has 1 aromatic rings. The van der Waals surface area contributed by atoms with Gasteiger partial charge in [-0.25, -0.2) is 0 Å². The number of carbonyl (C=O) groups is 1. The highest BCUT2D eigenvalue weighted by molar-refractivity contribution is 5.84. The van der Waals surface area contributed by atoms with Crippen molar-refractivity contribution in [2.24, 2.45) is 11.7 Å². The third-order valence-electron chi connectivity index (χ3n) is 4.23. The molecule has 2 rings (SSSR count). The summed E-state index contributed by atoms with van der Waals surface area (Å²) < 4.78 is 0. The maximum Gasteiger partial charge on any atom is 0.229 e. The summed E-state index contributed by atoms with van der Waals surface area (Å²) in [6, 6.07) is 10.1. The molecule has 0 aliphatic heterocycles. The molecule has 1 fully saturated rings. The topological polar surface area (TPSA) is 55.1 Å². The highest BCUT2D eigenvalue weighted by Crippen LogP contribution is 2.28. The van der Waals surface area contributed by atoms with Crippen molar-refractivity contribution in [3.8, 4) is 0 Å². The van der Waals surface area contributed by atoms with Crippen molar-refractivity contribution in [2.45, 2.75) is 44.6 Å². The van der Waals surface area contributed by atoms with E-state index in [4.69, 9.17) is 5.73 Å². The quantitative estimate of drug-likeness (QED) is 0.854. The van der Waals surface area contributed by atoms with E-state index in [2.05, 4.69) is 12.2 Å². The van der Waals surface area contributed by atoms with Crippen LogP contribution in [-0.4, -0.2) is 18.5 Å². The highest BCUT2D eigenvalue weighted by atomic mass is 16.1. The molecule has 1 unspecified atom stereocenters. The second-order valence-corrected chi connectivity index (χ2v) is 5.54. The van der Waals surface area contributed by atoms with E-state index in [1.165, 1.54) is 25.7 Å². The first-order valence-electron chi connectivity index (χ1n) is 7.27. The summed E-state index contributed by atoms with van der Waals surface area (Å²) in [5.41, 5.74) is 6.78. The molecule has 19 heavy (non-hydrogen) atoms. The van der Waals surface area contributed by atoms with Gasteiger partial charge in [-0.1, -0.05) is 43.2 Å². The monoisotopic (exact) mass is 260 g/mol. The lowest BCUT2D eigenvalue weighted by atomic mass is 9.95. The van der Waals surface area contributed by atoms with E-state index in [0.29, 0.717) is 12.5 Å². The Morgan fingerprint density at radius 1 is 1.32 bits per heavy atom. The van der Waals surface area contributed by atoms with Gasteiger partial charge in [-0.15, -0.1) is 0 Å². The van der Waals surface area contributed by atoms with Crippen molar-refractivity contribution in [3.63, 3.8) is 0 Å². The maximum atomic E-state index is 12.4. The van der Waals surface area contributed by atoms with Gasteiger partial charge in [0.1, 0.15) is 0 Å². The molecule has 1 aliphatic rings. The number of benzene rings is 1. The van der Waals surface area contributed by atoms with Crippen LogP contribution < -0.4 is 11.1 Å². The normalized spacial score (nSPS) is 19.1. The third-order valence-corrected chi connectivity index (χ3v) is 4.23. The van der Waals surface area contributed by atoms with E-state index in [-0.39, 0.29) is 17.9 Å². The van der Waals surface area contributed by atoms with Gasteiger partial charge in [0.05, 0.1) is 5.92 Å². The van der Waals surface area contributed by atoms with E-state index in [1.807, 2.05) is 30.3 Å². The van der Waals surface area contributed by atoms with Crippen LogP contribution in [0.4, 0.5) is 0 Å². The molecule has 0 aromatic heterocycles. The number of hydrogen-bond donors (Lipinski definition) is 2. The average molecular weight is 260 g/mol. The van der Waals surface area contributed by atoms with Crippen LogP contribution in [0.25, 0.3) is 0 Å². The predicted octanol–water partition coefficient (Wildman–Crippen LogP) is 2.42. The molecule has 1 aliphatic carbocycles. The van der Waals surface area contributed by atoms with Crippen LogP contribution in [0.2, 0.25) is 0 Å². The SMILES string of the molecule is C[C@H](NC(=O)C(CN)c1ccccc1)C1CCCC1. The molecule has 0 radical (unpaired) electrons. The zero-order valence-corrected chi connectivity index (χ0v) is 11.6. The molecule has 1 amide bonds. The summed E-state index contributed by atoms with van der Waals surface area (Å²) in [5, 5.41) is 3.15. The molecule has 3 nitrogen and oxygen atoms in total. The van der Waals surface area contributed by atoms with Gasteiger partial charge in [-0.3, -0.25) is 4.79 Å². The number of rotatable bonds is 5. The molecule has 104 valence electrons. The average Bonchev–Trinajstić information content (AvgIpc) is 2.94. The molecule has 1 aromatic carbocycles. The van der Waals surface area contributed by atoms with Gasteiger partial charge in [-0.2, -0.15) is 0 Å². The lowest BCUT2D eigenvalue weighted by molar-refractivity contribution is -0.123. The van der Waals surface area contributed by atoms with E-state index in [1.54, 1.807) is 0 Å². The predicted molar refractivity (Wildman–Crippen MR) is 77.8 cm³/mol. The molecule has 1 saturated carbocycles. The molecule has 3 heteroatoms. The Kier molecular flexibility index (Phi) is 4.97. The van der Waals surface area contributed by atoms with Crippen molar-refractivity contribution in [3.05, 3.63) is 35.9 Å². The molecule has 0 saturated heterocycles. The van der Waals surface area contributed by atoms with Crippen LogP contribution in [0.15, 0.2) is 30.3 Å². The molecule has 0 spiro atoms. The van der Waals surface area contributed by atoms with Crippen LogP contribution in [0.5, 0.6) is 0 Å². The Labute approximate surface area is 115 Å². The van der Waals surface area contributed by atoms with Gasteiger partial charge >= 0.3 is 0 Å². The van der Waals surface area contributed by atoms with Crippen LogP contribution in [0.1, 0.15) is 44.1 Å². The second-order valence-electron chi connectivity index (χ2n) is 5.54. The fourth-order valence-corrected chi connectivity index (χ4v) is 2.98. The zero-order valence-electron chi connectivity index (χ0n) is 11.6.